The number of hydrogen-bond acceptors (Lipinski definition) is 4. The number of thiophene rings is 1. The fourth-order valence-electron chi connectivity index (χ4n) is 3.15. The topological polar surface area (TPSA) is 75.3 Å². The molecule has 0 unspecified atom stereocenters. The summed E-state index contributed by atoms with van der Waals surface area (Å²) in [4.78, 5) is 13.3. The van der Waals surface area contributed by atoms with E-state index in [0.717, 1.165) is 41.0 Å². The predicted molar refractivity (Wildman–Crippen MR) is 118 cm³/mol. The van der Waals surface area contributed by atoms with Crippen LogP contribution in [0.5, 0.6) is 0 Å². The van der Waals surface area contributed by atoms with Gasteiger partial charge in [0.2, 0.25) is 5.91 Å². The van der Waals surface area contributed by atoms with Crippen LogP contribution in [0.1, 0.15) is 36.6 Å². The second-order valence-electron chi connectivity index (χ2n) is 6.54. The summed E-state index contributed by atoms with van der Waals surface area (Å²) in [5.74, 6) is -0.410. The average Bonchev–Trinajstić information content (AvgIpc) is 3.29. The third kappa shape index (κ3) is 4.93. The van der Waals surface area contributed by atoms with Crippen LogP contribution in [0.3, 0.4) is 0 Å². The fourth-order valence-corrected chi connectivity index (χ4v) is 5.34. The Hall–Kier alpha value is -2.48. The van der Waals surface area contributed by atoms with Crippen molar-refractivity contribution in [2.75, 3.05) is 5.32 Å². The first-order valence-corrected chi connectivity index (χ1v) is 11.8. The number of anilines is 1. The minimum absolute atomic E-state index is 0.175. The summed E-state index contributed by atoms with van der Waals surface area (Å²) in [6.45, 7) is 4.05. The van der Waals surface area contributed by atoms with Gasteiger partial charge in [0.05, 0.1) is 0 Å². The molecule has 1 amide bonds. The number of rotatable bonds is 8. The third-order valence-corrected chi connectivity index (χ3v) is 7.50. The van der Waals surface area contributed by atoms with E-state index in [1.807, 2.05) is 38.1 Å². The van der Waals surface area contributed by atoms with Crippen LogP contribution in [0.4, 0.5) is 5.69 Å². The normalized spacial score (nSPS) is 12.5. The van der Waals surface area contributed by atoms with Gasteiger partial charge in [-0.15, -0.1) is 11.3 Å². The molecule has 152 valence electrons. The zero-order valence-electron chi connectivity index (χ0n) is 16.4. The van der Waals surface area contributed by atoms with Crippen LogP contribution in [-0.2, 0) is 27.7 Å². The number of carbonyl (C=O) groups excluding carboxylic acids is 1. The van der Waals surface area contributed by atoms with Crippen molar-refractivity contribution in [2.24, 2.45) is 0 Å². The van der Waals surface area contributed by atoms with Gasteiger partial charge in [-0.2, -0.15) is 4.72 Å². The lowest BCUT2D eigenvalue weighted by Crippen LogP contribution is -2.37. The Morgan fingerprint density at radius 1 is 0.931 bits per heavy atom. The molecule has 0 bridgehead atoms. The lowest BCUT2D eigenvalue weighted by atomic mass is 10.0. The Morgan fingerprint density at radius 3 is 2.14 bits per heavy atom. The van der Waals surface area contributed by atoms with Gasteiger partial charge in [-0.25, -0.2) is 8.42 Å². The summed E-state index contributed by atoms with van der Waals surface area (Å²) in [7, 11) is -3.83. The highest BCUT2D eigenvalue weighted by Crippen LogP contribution is 2.26. The van der Waals surface area contributed by atoms with Gasteiger partial charge < -0.3 is 5.32 Å². The van der Waals surface area contributed by atoms with E-state index in [2.05, 4.69) is 10.0 Å². The van der Waals surface area contributed by atoms with Gasteiger partial charge >= 0.3 is 0 Å². The maximum Gasteiger partial charge on any atom is 0.251 e. The van der Waals surface area contributed by atoms with Gasteiger partial charge in [0.25, 0.3) is 10.0 Å². The predicted octanol–water partition coefficient (Wildman–Crippen LogP) is 4.53. The van der Waals surface area contributed by atoms with Crippen LogP contribution in [0, 0.1) is 0 Å². The van der Waals surface area contributed by atoms with Gasteiger partial charge in [0, 0.05) is 5.69 Å². The molecule has 7 heteroatoms. The van der Waals surface area contributed by atoms with E-state index in [1.54, 1.807) is 35.7 Å². The molecule has 29 heavy (non-hydrogen) atoms. The number of aryl methyl sites for hydroxylation is 2. The first-order valence-electron chi connectivity index (χ1n) is 9.48. The van der Waals surface area contributed by atoms with E-state index in [0.29, 0.717) is 5.56 Å². The van der Waals surface area contributed by atoms with Gasteiger partial charge in [-0.05, 0) is 41.0 Å². The SMILES string of the molecule is CCc1cccc(CC)c1NC(=O)[C@@H](NS(=O)(=O)c1cccs1)c1ccccc1. The van der Waals surface area contributed by atoms with Crippen molar-refractivity contribution in [3.05, 3.63) is 82.7 Å². The van der Waals surface area contributed by atoms with E-state index in [-0.39, 0.29) is 4.21 Å². The van der Waals surface area contributed by atoms with E-state index in [9.17, 15) is 13.2 Å². The van der Waals surface area contributed by atoms with E-state index in [1.165, 1.54) is 6.07 Å². The Morgan fingerprint density at radius 2 is 1.59 bits per heavy atom. The molecule has 0 saturated heterocycles. The molecule has 0 aliphatic rings. The number of hydrogen-bond donors (Lipinski definition) is 2. The van der Waals surface area contributed by atoms with Crippen LogP contribution in [0.2, 0.25) is 0 Å². The number of carbonyl (C=O) groups is 1. The van der Waals surface area contributed by atoms with Crippen molar-refractivity contribution >= 4 is 33.0 Å². The molecule has 3 rings (SSSR count). The molecule has 0 aliphatic carbocycles. The second kappa shape index (κ2) is 9.35. The molecule has 0 saturated carbocycles. The van der Waals surface area contributed by atoms with Gasteiger partial charge in [-0.3, -0.25) is 4.79 Å². The van der Waals surface area contributed by atoms with Crippen molar-refractivity contribution in [1.82, 2.24) is 4.72 Å². The molecule has 5 nitrogen and oxygen atoms in total. The molecule has 1 heterocycles. The smallest absolute Gasteiger partial charge is 0.251 e. The number of benzene rings is 2. The second-order valence-corrected chi connectivity index (χ2v) is 9.43. The van der Waals surface area contributed by atoms with Crippen LogP contribution in [-0.4, -0.2) is 14.3 Å². The largest absolute Gasteiger partial charge is 0.324 e. The molecule has 1 aromatic heterocycles. The summed E-state index contributed by atoms with van der Waals surface area (Å²) in [6, 6.07) is 17.0. The maximum absolute atomic E-state index is 13.3. The molecule has 2 aromatic carbocycles. The minimum Gasteiger partial charge on any atom is -0.324 e. The minimum atomic E-state index is -3.83. The molecule has 2 N–H and O–H groups in total. The molecular formula is C22H24N2O3S2. The monoisotopic (exact) mass is 428 g/mol. The quantitative estimate of drug-likeness (QED) is 0.553. The lowest BCUT2D eigenvalue weighted by molar-refractivity contribution is -0.117. The van der Waals surface area contributed by atoms with Crippen molar-refractivity contribution in [2.45, 2.75) is 36.9 Å². The third-order valence-electron chi connectivity index (χ3n) is 4.68. The number of amides is 1. The molecule has 0 spiro atoms. The zero-order chi connectivity index (χ0) is 20.9. The first-order chi connectivity index (χ1) is 14.0. The molecular weight excluding hydrogens is 404 g/mol. The fraction of sp³-hybridized carbons (Fsp3) is 0.227. The number of sulfonamides is 1. The summed E-state index contributed by atoms with van der Waals surface area (Å²) in [5, 5.41) is 4.68. The number of para-hydroxylation sites is 1. The number of nitrogens with one attached hydrogen (secondary N) is 2. The van der Waals surface area contributed by atoms with Gasteiger partial charge in [0.15, 0.2) is 0 Å². The van der Waals surface area contributed by atoms with E-state index in [4.69, 9.17) is 0 Å². The Balaban J connectivity index is 1.96. The molecule has 3 aromatic rings. The van der Waals surface area contributed by atoms with Gasteiger partial charge in [0.1, 0.15) is 10.3 Å². The highest BCUT2D eigenvalue weighted by molar-refractivity contribution is 7.91. The average molecular weight is 429 g/mol. The van der Waals surface area contributed by atoms with Crippen LogP contribution >= 0.6 is 11.3 Å². The van der Waals surface area contributed by atoms with Crippen molar-refractivity contribution < 1.29 is 13.2 Å². The van der Waals surface area contributed by atoms with Crippen molar-refractivity contribution in [1.29, 1.82) is 0 Å². The van der Waals surface area contributed by atoms with Crippen LogP contribution < -0.4 is 10.0 Å². The van der Waals surface area contributed by atoms with Gasteiger partial charge in [-0.1, -0.05) is 68.4 Å². The van der Waals surface area contributed by atoms with E-state index < -0.39 is 22.0 Å². The summed E-state index contributed by atoms with van der Waals surface area (Å²) < 4.78 is 28.4. The lowest BCUT2D eigenvalue weighted by Gasteiger charge is -2.21. The molecule has 1 atom stereocenters. The zero-order valence-corrected chi connectivity index (χ0v) is 18.0. The van der Waals surface area contributed by atoms with Crippen LogP contribution in [0.25, 0.3) is 0 Å². The highest BCUT2D eigenvalue weighted by atomic mass is 32.2. The Bertz CT molecular complexity index is 1040. The standard InChI is InChI=1S/C22H24N2O3S2/c1-3-16-12-8-13-17(4-2)20(16)23-22(25)21(18-10-6-5-7-11-18)24-29(26,27)19-14-9-15-28-19/h5-15,21,24H,3-4H2,1-2H3,(H,23,25)/t21-/m0/s1. The van der Waals surface area contributed by atoms with Crippen LogP contribution in [0.15, 0.2) is 70.3 Å². The van der Waals surface area contributed by atoms with Crippen molar-refractivity contribution in [3.63, 3.8) is 0 Å². The molecule has 0 radical (unpaired) electrons. The van der Waals surface area contributed by atoms with E-state index >= 15 is 0 Å². The summed E-state index contributed by atoms with van der Waals surface area (Å²) in [5.41, 5.74) is 3.38. The van der Waals surface area contributed by atoms with Crippen molar-refractivity contribution in [3.8, 4) is 0 Å². The highest BCUT2D eigenvalue weighted by Gasteiger charge is 2.28. The summed E-state index contributed by atoms with van der Waals surface area (Å²) in [6.07, 6.45) is 1.53. The molecule has 0 aliphatic heterocycles. The first kappa shape index (κ1) is 21.2. The Labute approximate surface area is 175 Å². The Kier molecular flexibility index (Phi) is 6.84. The summed E-state index contributed by atoms with van der Waals surface area (Å²) >= 11 is 1.11. The molecule has 0 fully saturated rings. The maximum atomic E-state index is 13.3.